The fourth-order valence-corrected chi connectivity index (χ4v) is 3.06. The molecule has 0 spiro atoms. The van der Waals surface area contributed by atoms with Gasteiger partial charge in [-0.2, -0.15) is 0 Å². The topological polar surface area (TPSA) is 21.3 Å². The number of hydrogen-bond acceptors (Lipinski definition) is 2. The second-order valence-electron chi connectivity index (χ2n) is 5.90. The summed E-state index contributed by atoms with van der Waals surface area (Å²) in [5, 5.41) is 3.61. The van der Waals surface area contributed by atoms with Crippen molar-refractivity contribution in [1.29, 1.82) is 0 Å². The van der Waals surface area contributed by atoms with Crippen LogP contribution >= 0.6 is 0 Å². The number of ether oxygens (including phenoxy) is 1. The Kier molecular flexibility index (Phi) is 5.17. The van der Waals surface area contributed by atoms with Crippen molar-refractivity contribution in [2.45, 2.75) is 57.6 Å². The molecule has 1 aliphatic carbocycles. The molecule has 3 heteroatoms. The van der Waals surface area contributed by atoms with Crippen molar-refractivity contribution in [1.82, 2.24) is 5.32 Å². The molecule has 1 aromatic carbocycles. The largest absolute Gasteiger partial charge is 0.377 e. The summed E-state index contributed by atoms with van der Waals surface area (Å²) < 4.78 is 19.3. The predicted molar refractivity (Wildman–Crippen MR) is 80.5 cm³/mol. The molecule has 1 aromatic rings. The summed E-state index contributed by atoms with van der Waals surface area (Å²) in [6.07, 6.45) is 5.34. The summed E-state index contributed by atoms with van der Waals surface area (Å²) in [5.74, 6) is -0.153. The van der Waals surface area contributed by atoms with E-state index in [1.54, 1.807) is 13.2 Å². The molecule has 0 amide bonds. The smallest absolute Gasteiger partial charge is 0.123 e. The van der Waals surface area contributed by atoms with Crippen LogP contribution in [0.5, 0.6) is 0 Å². The lowest BCUT2D eigenvalue weighted by atomic mass is 9.72. The lowest BCUT2D eigenvalue weighted by molar-refractivity contribution is -0.0980. The van der Waals surface area contributed by atoms with E-state index >= 15 is 0 Å². The first-order valence-corrected chi connectivity index (χ1v) is 7.65. The highest BCUT2D eigenvalue weighted by atomic mass is 19.1. The van der Waals surface area contributed by atoms with Gasteiger partial charge in [0.05, 0.1) is 5.60 Å². The summed E-state index contributed by atoms with van der Waals surface area (Å²) in [5.41, 5.74) is 2.18. The van der Waals surface area contributed by atoms with E-state index < -0.39 is 0 Å². The highest BCUT2D eigenvalue weighted by Gasteiger charge is 2.44. The molecule has 0 radical (unpaired) electrons. The Labute approximate surface area is 121 Å². The third-order valence-corrected chi connectivity index (χ3v) is 4.62. The number of nitrogens with one attached hydrogen (secondary N) is 1. The molecule has 0 bridgehead atoms. The Morgan fingerprint density at radius 1 is 1.40 bits per heavy atom. The van der Waals surface area contributed by atoms with Gasteiger partial charge in [-0.15, -0.1) is 0 Å². The lowest BCUT2D eigenvalue weighted by Gasteiger charge is -2.47. The van der Waals surface area contributed by atoms with Crippen LogP contribution in [-0.2, 0) is 11.2 Å². The van der Waals surface area contributed by atoms with Gasteiger partial charge in [-0.1, -0.05) is 13.0 Å². The maximum atomic E-state index is 13.5. The van der Waals surface area contributed by atoms with Crippen molar-refractivity contribution in [3.8, 4) is 0 Å². The first-order valence-electron chi connectivity index (χ1n) is 7.65. The van der Waals surface area contributed by atoms with Gasteiger partial charge in [-0.05, 0) is 68.8 Å². The first-order chi connectivity index (χ1) is 9.61. The van der Waals surface area contributed by atoms with Crippen molar-refractivity contribution < 1.29 is 9.13 Å². The minimum Gasteiger partial charge on any atom is -0.377 e. The van der Waals surface area contributed by atoms with E-state index in [1.165, 1.54) is 12.5 Å². The van der Waals surface area contributed by atoms with Crippen molar-refractivity contribution >= 4 is 0 Å². The Morgan fingerprint density at radius 2 is 2.15 bits per heavy atom. The molecule has 112 valence electrons. The second-order valence-corrected chi connectivity index (χ2v) is 5.90. The normalized spacial score (nSPS) is 18.6. The van der Waals surface area contributed by atoms with Crippen LogP contribution in [0.1, 0.15) is 43.7 Å². The van der Waals surface area contributed by atoms with Crippen LogP contribution in [-0.4, -0.2) is 25.3 Å². The van der Waals surface area contributed by atoms with E-state index in [9.17, 15) is 4.39 Å². The van der Waals surface area contributed by atoms with Crippen LogP contribution in [0, 0.1) is 12.7 Å². The third kappa shape index (κ3) is 3.21. The molecule has 0 aliphatic heterocycles. The predicted octanol–water partition coefficient (Wildman–Crippen LogP) is 3.61. The first kappa shape index (κ1) is 15.5. The van der Waals surface area contributed by atoms with Gasteiger partial charge in [0.15, 0.2) is 0 Å². The molecule has 0 heterocycles. The quantitative estimate of drug-likeness (QED) is 0.823. The number of methoxy groups -OCH3 is 1. The van der Waals surface area contributed by atoms with Gasteiger partial charge in [0.25, 0.3) is 0 Å². The van der Waals surface area contributed by atoms with Gasteiger partial charge in [0.1, 0.15) is 5.82 Å². The molecule has 1 N–H and O–H groups in total. The molecule has 1 atom stereocenters. The number of halogens is 1. The minimum absolute atomic E-state index is 0.0616. The van der Waals surface area contributed by atoms with E-state index in [0.717, 1.165) is 43.4 Å². The van der Waals surface area contributed by atoms with E-state index in [4.69, 9.17) is 4.74 Å². The zero-order valence-electron chi connectivity index (χ0n) is 12.8. The van der Waals surface area contributed by atoms with Crippen molar-refractivity contribution in [2.24, 2.45) is 0 Å². The molecule has 1 unspecified atom stereocenters. The van der Waals surface area contributed by atoms with Gasteiger partial charge >= 0.3 is 0 Å². The Balaban J connectivity index is 2.16. The van der Waals surface area contributed by atoms with Gasteiger partial charge in [0, 0.05) is 13.2 Å². The van der Waals surface area contributed by atoms with Crippen LogP contribution < -0.4 is 5.32 Å². The second kappa shape index (κ2) is 6.68. The number of aryl methyl sites for hydroxylation is 1. The monoisotopic (exact) mass is 279 g/mol. The zero-order valence-corrected chi connectivity index (χ0v) is 12.8. The summed E-state index contributed by atoms with van der Waals surface area (Å²) in [7, 11) is 1.80. The maximum Gasteiger partial charge on any atom is 0.123 e. The number of benzene rings is 1. The van der Waals surface area contributed by atoms with Crippen molar-refractivity contribution in [3.05, 3.63) is 35.1 Å². The highest BCUT2D eigenvalue weighted by molar-refractivity contribution is 5.28. The van der Waals surface area contributed by atoms with Crippen LogP contribution in [0.15, 0.2) is 18.2 Å². The minimum atomic E-state index is -0.153. The van der Waals surface area contributed by atoms with Crippen LogP contribution in [0.3, 0.4) is 0 Å². The van der Waals surface area contributed by atoms with Crippen LogP contribution in [0.2, 0.25) is 0 Å². The fraction of sp³-hybridized carbons (Fsp3) is 0.647. The lowest BCUT2D eigenvalue weighted by Crippen LogP contribution is -2.57. The average Bonchev–Trinajstić information content (AvgIpc) is 2.39. The van der Waals surface area contributed by atoms with Gasteiger partial charge < -0.3 is 10.1 Å². The average molecular weight is 279 g/mol. The molecule has 2 rings (SSSR count). The molecule has 2 nitrogen and oxygen atoms in total. The number of hydrogen-bond donors (Lipinski definition) is 1. The highest BCUT2D eigenvalue weighted by Crippen LogP contribution is 2.39. The maximum absolute atomic E-state index is 13.5. The summed E-state index contributed by atoms with van der Waals surface area (Å²) in [6, 6.07) is 5.32. The van der Waals surface area contributed by atoms with E-state index in [-0.39, 0.29) is 17.5 Å². The Hall–Kier alpha value is -0.930. The summed E-state index contributed by atoms with van der Waals surface area (Å²) >= 11 is 0. The molecular weight excluding hydrogens is 253 g/mol. The summed E-state index contributed by atoms with van der Waals surface area (Å²) in [4.78, 5) is 0. The molecule has 1 aliphatic rings. The van der Waals surface area contributed by atoms with Crippen molar-refractivity contribution in [3.63, 3.8) is 0 Å². The van der Waals surface area contributed by atoms with Gasteiger partial charge in [-0.25, -0.2) is 4.39 Å². The molecule has 0 aromatic heterocycles. The molecule has 1 fully saturated rings. The van der Waals surface area contributed by atoms with E-state index in [2.05, 4.69) is 12.2 Å². The SMILES string of the molecule is CCCNC(Cc1cc(F)ccc1C)C1(OC)CCC1. The Morgan fingerprint density at radius 3 is 2.70 bits per heavy atom. The number of rotatable bonds is 7. The fourth-order valence-electron chi connectivity index (χ4n) is 3.06. The van der Waals surface area contributed by atoms with E-state index in [1.807, 2.05) is 13.0 Å². The van der Waals surface area contributed by atoms with E-state index in [0.29, 0.717) is 0 Å². The summed E-state index contributed by atoms with van der Waals surface area (Å²) in [6.45, 7) is 5.19. The molecule has 1 saturated carbocycles. The van der Waals surface area contributed by atoms with Gasteiger partial charge in [-0.3, -0.25) is 0 Å². The van der Waals surface area contributed by atoms with Crippen LogP contribution in [0.25, 0.3) is 0 Å². The molecule has 20 heavy (non-hydrogen) atoms. The standard InChI is InChI=1S/C17H26FNO/c1-4-10-19-16(17(20-3)8-5-9-17)12-14-11-15(18)7-6-13(14)2/h6-7,11,16,19H,4-5,8-10,12H2,1-3H3. The Bertz CT molecular complexity index is 437. The zero-order chi connectivity index (χ0) is 14.6. The third-order valence-electron chi connectivity index (χ3n) is 4.62. The molecule has 0 saturated heterocycles. The van der Waals surface area contributed by atoms with Crippen molar-refractivity contribution in [2.75, 3.05) is 13.7 Å². The molecular formula is C17H26FNO. The van der Waals surface area contributed by atoms with Gasteiger partial charge in [0.2, 0.25) is 0 Å². The van der Waals surface area contributed by atoms with Crippen LogP contribution in [0.4, 0.5) is 4.39 Å².